The number of hydrogen-bond donors (Lipinski definition) is 1. The molecule has 4 nitrogen and oxygen atoms in total. The van der Waals surface area contributed by atoms with E-state index in [1.54, 1.807) is 0 Å². The average Bonchev–Trinajstić information content (AvgIpc) is 2.74. The molecule has 0 radical (unpaired) electrons. The zero-order valence-electron chi connectivity index (χ0n) is 8.82. The smallest absolute Gasteiger partial charge is 0.322 e. The van der Waals surface area contributed by atoms with Crippen molar-refractivity contribution in [2.24, 2.45) is 11.8 Å². The van der Waals surface area contributed by atoms with Crippen LogP contribution in [0.25, 0.3) is 0 Å². The first-order valence-electron chi connectivity index (χ1n) is 5.25. The van der Waals surface area contributed by atoms with Crippen LogP contribution in [0.4, 0.5) is 0 Å². The summed E-state index contributed by atoms with van der Waals surface area (Å²) in [7, 11) is 1.46. The number of carbonyl (C=O) groups is 1. The van der Waals surface area contributed by atoms with Gasteiger partial charge in [-0.3, -0.25) is 9.69 Å². The summed E-state index contributed by atoms with van der Waals surface area (Å²) in [6.45, 7) is 6.21. The molecule has 1 N–H and O–H groups in total. The molecule has 2 aliphatic rings. The van der Waals surface area contributed by atoms with E-state index in [4.69, 9.17) is 4.74 Å². The maximum atomic E-state index is 11.3. The molecule has 4 heteroatoms. The highest BCUT2D eigenvalue weighted by atomic mass is 16.5. The maximum absolute atomic E-state index is 11.3. The van der Waals surface area contributed by atoms with E-state index >= 15 is 0 Å². The fourth-order valence-corrected chi connectivity index (χ4v) is 2.53. The van der Waals surface area contributed by atoms with Crippen molar-refractivity contribution in [2.45, 2.75) is 13.0 Å². The van der Waals surface area contributed by atoms with Gasteiger partial charge < -0.3 is 10.1 Å². The predicted octanol–water partition coefficient (Wildman–Crippen LogP) is -0.301. The van der Waals surface area contributed by atoms with Gasteiger partial charge in [-0.05, 0) is 31.8 Å². The van der Waals surface area contributed by atoms with Gasteiger partial charge in [0, 0.05) is 13.1 Å². The molecule has 2 rings (SSSR count). The number of likely N-dealkylation sites (tertiary alicyclic amines) is 1. The largest absolute Gasteiger partial charge is 0.468 e. The van der Waals surface area contributed by atoms with E-state index in [-0.39, 0.29) is 12.0 Å². The molecular weight excluding hydrogens is 180 g/mol. The number of methoxy groups -OCH3 is 1. The minimum absolute atomic E-state index is 0.0781. The molecule has 0 bridgehead atoms. The lowest BCUT2D eigenvalue weighted by Crippen LogP contribution is -2.39. The highest BCUT2D eigenvalue weighted by Gasteiger charge is 2.39. The Balaban J connectivity index is 1.92. The van der Waals surface area contributed by atoms with Crippen molar-refractivity contribution in [2.75, 3.05) is 33.3 Å². The van der Waals surface area contributed by atoms with Gasteiger partial charge in [0.15, 0.2) is 0 Å². The van der Waals surface area contributed by atoms with Gasteiger partial charge >= 0.3 is 5.97 Å². The summed E-state index contributed by atoms with van der Waals surface area (Å²) in [5.41, 5.74) is 0. The Labute approximate surface area is 84.6 Å². The number of esters is 1. The van der Waals surface area contributed by atoms with E-state index in [0.29, 0.717) is 0 Å². The summed E-state index contributed by atoms with van der Waals surface area (Å²) in [5.74, 6) is 1.36. The summed E-state index contributed by atoms with van der Waals surface area (Å²) in [6.07, 6.45) is 0. The van der Waals surface area contributed by atoms with Crippen molar-refractivity contribution >= 4 is 5.97 Å². The highest BCUT2D eigenvalue weighted by Crippen LogP contribution is 2.27. The van der Waals surface area contributed by atoms with Crippen LogP contribution < -0.4 is 5.32 Å². The van der Waals surface area contributed by atoms with Gasteiger partial charge in [-0.15, -0.1) is 0 Å². The first kappa shape index (κ1) is 9.93. The molecule has 3 atom stereocenters. The van der Waals surface area contributed by atoms with Gasteiger partial charge in [0.05, 0.1) is 7.11 Å². The molecule has 0 aromatic heterocycles. The first-order valence-corrected chi connectivity index (χ1v) is 5.25. The molecule has 0 saturated carbocycles. The Hall–Kier alpha value is -0.610. The number of ether oxygens (including phenoxy) is 1. The van der Waals surface area contributed by atoms with Crippen LogP contribution in [0.1, 0.15) is 6.92 Å². The van der Waals surface area contributed by atoms with Crippen molar-refractivity contribution in [3.63, 3.8) is 0 Å². The Bertz CT molecular complexity index is 220. The Morgan fingerprint density at radius 1 is 1.43 bits per heavy atom. The predicted molar refractivity (Wildman–Crippen MR) is 52.9 cm³/mol. The Kier molecular flexibility index (Phi) is 2.74. The number of hydrogen-bond acceptors (Lipinski definition) is 4. The number of carbonyl (C=O) groups excluding carboxylic acids is 1. The Morgan fingerprint density at radius 3 is 2.50 bits per heavy atom. The molecule has 80 valence electrons. The number of nitrogens with zero attached hydrogens (tertiary/aromatic N) is 1. The minimum Gasteiger partial charge on any atom is -0.468 e. The number of nitrogens with one attached hydrogen (secondary N) is 1. The summed E-state index contributed by atoms with van der Waals surface area (Å²) < 4.78 is 4.75. The SMILES string of the molecule is COC(=O)C(C)N1C[C@H]2CNC[C@H]2C1. The molecule has 2 aliphatic heterocycles. The lowest BCUT2D eigenvalue weighted by molar-refractivity contribution is -0.146. The molecule has 2 heterocycles. The molecule has 0 aromatic rings. The van der Waals surface area contributed by atoms with Crippen LogP contribution >= 0.6 is 0 Å². The van der Waals surface area contributed by atoms with Crippen LogP contribution in [-0.2, 0) is 9.53 Å². The molecule has 1 unspecified atom stereocenters. The van der Waals surface area contributed by atoms with Crippen molar-refractivity contribution in [3.05, 3.63) is 0 Å². The zero-order valence-corrected chi connectivity index (χ0v) is 8.82. The standard InChI is InChI=1S/C10H18N2O2/c1-7(10(13)14-2)12-5-8-3-11-4-9(8)6-12/h7-9,11H,3-6H2,1-2H3/t7?,8-,9+. The molecule has 2 saturated heterocycles. The second-order valence-electron chi connectivity index (χ2n) is 4.33. The monoisotopic (exact) mass is 198 g/mol. The summed E-state index contributed by atoms with van der Waals surface area (Å²) in [5, 5.41) is 3.38. The van der Waals surface area contributed by atoms with E-state index in [0.717, 1.165) is 38.0 Å². The third-order valence-electron chi connectivity index (χ3n) is 3.51. The summed E-state index contributed by atoms with van der Waals surface area (Å²) >= 11 is 0. The van der Waals surface area contributed by atoms with Crippen LogP contribution in [0.3, 0.4) is 0 Å². The van der Waals surface area contributed by atoms with Gasteiger partial charge in [0.25, 0.3) is 0 Å². The van der Waals surface area contributed by atoms with Crippen LogP contribution in [-0.4, -0.2) is 50.2 Å². The van der Waals surface area contributed by atoms with E-state index in [1.165, 1.54) is 7.11 Å². The average molecular weight is 198 g/mol. The molecular formula is C10H18N2O2. The van der Waals surface area contributed by atoms with Gasteiger partial charge in [-0.2, -0.15) is 0 Å². The normalized spacial score (nSPS) is 34.1. The highest BCUT2D eigenvalue weighted by molar-refractivity contribution is 5.75. The molecule has 0 aromatic carbocycles. The third kappa shape index (κ3) is 1.64. The van der Waals surface area contributed by atoms with Crippen LogP contribution in [0.2, 0.25) is 0 Å². The van der Waals surface area contributed by atoms with Gasteiger partial charge in [-0.1, -0.05) is 0 Å². The molecule has 0 amide bonds. The fraction of sp³-hybridized carbons (Fsp3) is 0.900. The second kappa shape index (κ2) is 3.87. The quantitative estimate of drug-likeness (QED) is 0.619. The molecule has 0 spiro atoms. The first-order chi connectivity index (χ1) is 6.72. The minimum atomic E-state index is -0.113. The van der Waals surface area contributed by atoms with Crippen LogP contribution in [0.15, 0.2) is 0 Å². The summed E-state index contributed by atoms with van der Waals surface area (Å²) in [6, 6.07) is -0.0781. The lowest BCUT2D eigenvalue weighted by atomic mass is 10.0. The summed E-state index contributed by atoms with van der Waals surface area (Å²) in [4.78, 5) is 13.6. The zero-order chi connectivity index (χ0) is 10.1. The number of rotatable bonds is 2. The van der Waals surface area contributed by atoms with Crippen molar-refractivity contribution in [1.29, 1.82) is 0 Å². The van der Waals surface area contributed by atoms with E-state index in [9.17, 15) is 4.79 Å². The van der Waals surface area contributed by atoms with Gasteiger partial charge in [0.1, 0.15) is 6.04 Å². The molecule has 2 fully saturated rings. The van der Waals surface area contributed by atoms with E-state index < -0.39 is 0 Å². The van der Waals surface area contributed by atoms with E-state index in [1.807, 2.05) is 6.92 Å². The van der Waals surface area contributed by atoms with Crippen molar-refractivity contribution in [3.8, 4) is 0 Å². The van der Waals surface area contributed by atoms with E-state index in [2.05, 4.69) is 10.2 Å². The third-order valence-corrected chi connectivity index (χ3v) is 3.51. The molecule has 0 aliphatic carbocycles. The number of fused-ring (bicyclic) bond motifs is 1. The van der Waals surface area contributed by atoms with Crippen molar-refractivity contribution < 1.29 is 9.53 Å². The lowest BCUT2D eigenvalue weighted by Gasteiger charge is -2.22. The maximum Gasteiger partial charge on any atom is 0.322 e. The van der Waals surface area contributed by atoms with Gasteiger partial charge in [0.2, 0.25) is 0 Å². The van der Waals surface area contributed by atoms with Crippen LogP contribution in [0.5, 0.6) is 0 Å². The Morgan fingerprint density at radius 2 is 2.00 bits per heavy atom. The molecule has 14 heavy (non-hydrogen) atoms. The topological polar surface area (TPSA) is 41.6 Å². The van der Waals surface area contributed by atoms with Crippen molar-refractivity contribution in [1.82, 2.24) is 10.2 Å². The fourth-order valence-electron chi connectivity index (χ4n) is 2.53. The van der Waals surface area contributed by atoms with Gasteiger partial charge in [-0.25, -0.2) is 0 Å². The second-order valence-corrected chi connectivity index (χ2v) is 4.33. The van der Waals surface area contributed by atoms with Crippen LogP contribution in [0, 0.1) is 11.8 Å².